The summed E-state index contributed by atoms with van der Waals surface area (Å²) in [4.78, 5) is 15.3. The lowest BCUT2D eigenvalue weighted by Crippen LogP contribution is -2.60. The number of hydrogen-bond donors (Lipinski definition) is 1. The Hall–Kier alpha value is -1.84. The molecule has 2 bridgehead atoms. The minimum atomic E-state index is -0.213. The molecule has 3 nitrogen and oxygen atoms in total. The van der Waals surface area contributed by atoms with Gasteiger partial charge in [-0.2, -0.15) is 0 Å². The fourth-order valence-electron chi connectivity index (χ4n) is 4.39. The molecule has 0 aliphatic carbocycles. The van der Waals surface area contributed by atoms with Gasteiger partial charge in [-0.1, -0.05) is 41.9 Å². The Labute approximate surface area is 154 Å². The van der Waals surface area contributed by atoms with E-state index in [0.29, 0.717) is 6.04 Å². The number of nitrogens with one attached hydrogen (secondary N) is 1. The molecule has 2 aromatic carbocycles. The lowest BCUT2D eigenvalue weighted by atomic mass is 9.95. The molecule has 1 N–H and O–H groups in total. The molecule has 4 rings (SSSR count). The molecule has 2 aliphatic rings. The number of piperidine rings is 1. The van der Waals surface area contributed by atoms with E-state index in [9.17, 15) is 4.79 Å². The minimum absolute atomic E-state index is 0.0317. The first-order valence-electron chi connectivity index (χ1n) is 9.05. The van der Waals surface area contributed by atoms with Crippen molar-refractivity contribution in [3.05, 3.63) is 70.7 Å². The summed E-state index contributed by atoms with van der Waals surface area (Å²) in [6, 6.07) is 18.1. The van der Waals surface area contributed by atoms with Crippen LogP contribution in [-0.2, 0) is 6.54 Å². The normalized spacial score (nSPS) is 25.7. The van der Waals surface area contributed by atoms with Gasteiger partial charge in [0.25, 0.3) is 5.91 Å². The van der Waals surface area contributed by atoms with Gasteiger partial charge < -0.3 is 5.32 Å². The molecule has 2 aliphatic heterocycles. The average molecular weight is 355 g/mol. The number of carbonyl (C=O) groups excluding carboxylic acids is 1. The van der Waals surface area contributed by atoms with E-state index >= 15 is 0 Å². The van der Waals surface area contributed by atoms with Gasteiger partial charge in [0.05, 0.1) is 5.66 Å². The molecule has 0 saturated carbocycles. The van der Waals surface area contributed by atoms with Gasteiger partial charge in [0.1, 0.15) is 0 Å². The molecule has 1 amide bonds. The second-order valence-electron chi connectivity index (χ2n) is 7.19. The summed E-state index contributed by atoms with van der Waals surface area (Å²) < 4.78 is 0. The van der Waals surface area contributed by atoms with E-state index in [0.717, 1.165) is 36.4 Å². The summed E-state index contributed by atoms with van der Waals surface area (Å²) in [6.07, 6.45) is 5.61. The standard InChI is InChI=1S/C21H23ClN2O/c22-18-10-8-16(9-11-18)15-24-19-7-4-13-21(24,14-12-19)23-20(25)17-5-2-1-3-6-17/h1-3,5-6,8-11,19H,4,7,12-15H2,(H,23,25). The Kier molecular flexibility index (Phi) is 4.53. The van der Waals surface area contributed by atoms with Crippen LogP contribution in [0, 0.1) is 0 Å². The van der Waals surface area contributed by atoms with Gasteiger partial charge in [-0.15, -0.1) is 0 Å². The van der Waals surface area contributed by atoms with E-state index in [1.807, 2.05) is 42.5 Å². The van der Waals surface area contributed by atoms with Crippen LogP contribution in [0.4, 0.5) is 0 Å². The summed E-state index contributed by atoms with van der Waals surface area (Å²) in [5, 5.41) is 4.14. The largest absolute Gasteiger partial charge is 0.334 e. The van der Waals surface area contributed by atoms with E-state index in [1.54, 1.807) is 0 Å². The minimum Gasteiger partial charge on any atom is -0.334 e. The SMILES string of the molecule is O=C(NC12CCCC(CC1)N2Cc1ccc(Cl)cc1)c1ccccc1. The highest BCUT2D eigenvalue weighted by Crippen LogP contribution is 2.43. The molecule has 2 unspecified atom stereocenters. The quantitative estimate of drug-likeness (QED) is 0.869. The zero-order valence-electron chi connectivity index (χ0n) is 14.2. The first kappa shape index (κ1) is 16.6. The predicted octanol–water partition coefficient (Wildman–Crippen LogP) is 4.61. The Morgan fingerprint density at radius 2 is 1.84 bits per heavy atom. The molecule has 2 heterocycles. The molecule has 2 atom stereocenters. The summed E-state index contributed by atoms with van der Waals surface area (Å²) in [5.74, 6) is 0.0317. The van der Waals surface area contributed by atoms with Crippen molar-refractivity contribution in [3.8, 4) is 0 Å². The Morgan fingerprint density at radius 3 is 2.60 bits per heavy atom. The molecular weight excluding hydrogens is 332 g/mol. The van der Waals surface area contributed by atoms with Gasteiger partial charge in [0.15, 0.2) is 0 Å². The zero-order chi connectivity index (χ0) is 17.3. The fourth-order valence-corrected chi connectivity index (χ4v) is 4.52. The molecular formula is C21H23ClN2O. The number of fused-ring (bicyclic) bond motifs is 2. The summed E-state index contributed by atoms with van der Waals surface area (Å²) in [7, 11) is 0. The number of nitrogens with zero attached hydrogens (tertiary/aromatic N) is 1. The molecule has 130 valence electrons. The highest BCUT2D eigenvalue weighted by Gasteiger charge is 2.49. The van der Waals surface area contributed by atoms with Crippen LogP contribution in [-0.4, -0.2) is 22.5 Å². The lowest BCUT2D eigenvalue weighted by Gasteiger charge is -2.45. The highest BCUT2D eigenvalue weighted by atomic mass is 35.5. The number of hydrogen-bond acceptors (Lipinski definition) is 2. The maximum absolute atomic E-state index is 12.8. The van der Waals surface area contributed by atoms with E-state index in [4.69, 9.17) is 11.6 Å². The number of amides is 1. The molecule has 25 heavy (non-hydrogen) atoms. The van der Waals surface area contributed by atoms with Crippen LogP contribution < -0.4 is 5.32 Å². The van der Waals surface area contributed by atoms with Crippen molar-refractivity contribution < 1.29 is 4.79 Å². The van der Waals surface area contributed by atoms with E-state index in [2.05, 4.69) is 22.3 Å². The first-order chi connectivity index (χ1) is 12.2. The fraction of sp³-hybridized carbons (Fsp3) is 0.381. The number of halogens is 1. The molecule has 0 radical (unpaired) electrons. The zero-order valence-corrected chi connectivity index (χ0v) is 15.0. The second kappa shape index (κ2) is 6.81. The van der Waals surface area contributed by atoms with E-state index in [-0.39, 0.29) is 11.6 Å². The monoisotopic (exact) mass is 354 g/mol. The molecule has 2 saturated heterocycles. The first-order valence-corrected chi connectivity index (χ1v) is 9.43. The third-order valence-electron chi connectivity index (χ3n) is 5.66. The van der Waals surface area contributed by atoms with Crippen molar-refractivity contribution in [2.24, 2.45) is 0 Å². The topological polar surface area (TPSA) is 32.3 Å². The Bertz CT molecular complexity index is 742. The van der Waals surface area contributed by atoms with Crippen molar-refractivity contribution in [1.29, 1.82) is 0 Å². The third-order valence-corrected chi connectivity index (χ3v) is 5.91. The molecule has 4 heteroatoms. The summed E-state index contributed by atoms with van der Waals surface area (Å²) in [6.45, 7) is 0.858. The lowest BCUT2D eigenvalue weighted by molar-refractivity contribution is 0.0185. The second-order valence-corrected chi connectivity index (χ2v) is 7.63. The van der Waals surface area contributed by atoms with Crippen LogP contribution >= 0.6 is 11.6 Å². The van der Waals surface area contributed by atoms with Gasteiger partial charge in [0.2, 0.25) is 0 Å². The smallest absolute Gasteiger partial charge is 0.252 e. The van der Waals surface area contributed by atoms with Crippen LogP contribution in [0.15, 0.2) is 54.6 Å². The van der Waals surface area contributed by atoms with Crippen molar-refractivity contribution in [1.82, 2.24) is 10.2 Å². The van der Waals surface area contributed by atoms with Gasteiger partial charge in [-0.25, -0.2) is 0 Å². The molecule has 0 aromatic heterocycles. The van der Waals surface area contributed by atoms with Crippen molar-refractivity contribution in [2.45, 2.75) is 50.4 Å². The van der Waals surface area contributed by atoms with Crippen molar-refractivity contribution in [3.63, 3.8) is 0 Å². The molecule has 2 aromatic rings. The third kappa shape index (κ3) is 3.31. The highest BCUT2D eigenvalue weighted by molar-refractivity contribution is 6.30. The van der Waals surface area contributed by atoms with Crippen molar-refractivity contribution >= 4 is 17.5 Å². The Morgan fingerprint density at radius 1 is 1.08 bits per heavy atom. The van der Waals surface area contributed by atoms with Gasteiger partial charge >= 0.3 is 0 Å². The van der Waals surface area contributed by atoms with Crippen LogP contribution in [0.5, 0.6) is 0 Å². The molecule has 2 fully saturated rings. The van der Waals surface area contributed by atoms with Crippen LogP contribution in [0.2, 0.25) is 5.02 Å². The average Bonchev–Trinajstić information content (AvgIpc) is 2.82. The van der Waals surface area contributed by atoms with E-state index < -0.39 is 0 Å². The van der Waals surface area contributed by atoms with Gasteiger partial charge in [-0.05, 0) is 61.9 Å². The predicted molar refractivity (Wildman–Crippen MR) is 101 cm³/mol. The van der Waals surface area contributed by atoms with Crippen LogP contribution in [0.3, 0.4) is 0 Å². The number of carbonyl (C=O) groups is 1. The van der Waals surface area contributed by atoms with Gasteiger partial charge in [0, 0.05) is 23.2 Å². The number of benzene rings is 2. The van der Waals surface area contributed by atoms with Crippen LogP contribution in [0.1, 0.15) is 48.0 Å². The van der Waals surface area contributed by atoms with E-state index in [1.165, 1.54) is 18.4 Å². The van der Waals surface area contributed by atoms with Crippen molar-refractivity contribution in [2.75, 3.05) is 0 Å². The van der Waals surface area contributed by atoms with Crippen LogP contribution in [0.25, 0.3) is 0 Å². The molecule has 0 spiro atoms. The summed E-state index contributed by atoms with van der Waals surface area (Å²) in [5.41, 5.74) is 1.77. The summed E-state index contributed by atoms with van der Waals surface area (Å²) >= 11 is 6.02. The van der Waals surface area contributed by atoms with Gasteiger partial charge in [-0.3, -0.25) is 9.69 Å². The Balaban J connectivity index is 1.56. The number of rotatable bonds is 4. The maximum Gasteiger partial charge on any atom is 0.252 e. The maximum atomic E-state index is 12.8.